The van der Waals surface area contributed by atoms with Crippen molar-refractivity contribution in [2.75, 3.05) is 29.9 Å². The normalized spacial score (nSPS) is 15.8. The fourth-order valence-electron chi connectivity index (χ4n) is 3.30. The van der Waals surface area contributed by atoms with Crippen LogP contribution in [0, 0.1) is 6.92 Å². The Balaban J connectivity index is 0.000000429. The molecule has 1 saturated heterocycles. The Morgan fingerprint density at radius 1 is 1.17 bits per heavy atom. The van der Waals surface area contributed by atoms with E-state index in [4.69, 9.17) is 9.90 Å². The van der Waals surface area contributed by atoms with E-state index in [1.165, 1.54) is 0 Å². The third-order valence-electron chi connectivity index (χ3n) is 5.03. The number of hydrogen-bond acceptors (Lipinski definition) is 8. The number of fused-ring (bicyclic) bond motifs is 1. The Labute approximate surface area is 197 Å². The van der Waals surface area contributed by atoms with Crippen molar-refractivity contribution in [3.8, 4) is 0 Å². The molecule has 1 aliphatic heterocycles. The Hall–Kier alpha value is -3.59. The van der Waals surface area contributed by atoms with Gasteiger partial charge >= 0.3 is 6.18 Å². The molecule has 1 fully saturated rings. The Morgan fingerprint density at radius 3 is 2.43 bits per heavy atom. The molecular weight excluding hydrogens is 493 g/mol. The molecule has 15 heteroatoms. The summed E-state index contributed by atoms with van der Waals surface area (Å²) in [5.74, 6) is -2.55. The van der Waals surface area contributed by atoms with Gasteiger partial charge in [-0.05, 0) is 25.1 Å². The average molecular weight is 514 g/mol. The summed E-state index contributed by atoms with van der Waals surface area (Å²) in [4.78, 5) is 35.5. The minimum Gasteiger partial charge on any atom is -0.542 e. The molecule has 1 aliphatic rings. The summed E-state index contributed by atoms with van der Waals surface area (Å²) < 4.78 is 56.6. The highest BCUT2D eigenvalue weighted by Gasteiger charge is 2.29. The van der Waals surface area contributed by atoms with Crippen LogP contribution in [-0.4, -0.2) is 70.4 Å². The summed E-state index contributed by atoms with van der Waals surface area (Å²) in [6.07, 6.45) is -1.82. The summed E-state index contributed by atoms with van der Waals surface area (Å²) in [6, 6.07) is 7.38. The number of hydrogen-bond donors (Lipinski definition) is 2. The van der Waals surface area contributed by atoms with Crippen molar-refractivity contribution < 1.29 is 41.2 Å². The summed E-state index contributed by atoms with van der Waals surface area (Å²) in [6.45, 7) is 3.49. The molecule has 0 atom stereocenters. The summed E-state index contributed by atoms with van der Waals surface area (Å²) in [7, 11) is -2.92. The Morgan fingerprint density at radius 2 is 1.83 bits per heavy atom. The van der Waals surface area contributed by atoms with Crippen molar-refractivity contribution >= 4 is 33.2 Å². The lowest BCUT2D eigenvalue weighted by Crippen LogP contribution is -3.13. The average Bonchev–Trinajstić information content (AvgIpc) is 3.14. The second kappa shape index (κ2) is 10.4. The molecule has 0 unspecified atom stereocenters. The number of carboxylic acids is 1. The molecule has 3 aromatic heterocycles. The third kappa shape index (κ3) is 6.95. The minimum atomic E-state index is -5.19. The lowest BCUT2D eigenvalue weighted by molar-refractivity contribution is -0.910. The van der Waals surface area contributed by atoms with Crippen LogP contribution < -0.4 is 15.3 Å². The molecule has 188 valence electrons. The quantitative estimate of drug-likeness (QED) is 0.441. The van der Waals surface area contributed by atoms with Gasteiger partial charge in [0.25, 0.3) is 5.91 Å². The minimum absolute atomic E-state index is 0.187. The van der Waals surface area contributed by atoms with E-state index in [2.05, 4.69) is 20.3 Å². The topological polar surface area (TPSA) is 151 Å². The van der Waals surface area contributed by atoms with Crippen molar-refractivity contribution in [3.63, 3.8) is 0 Å². The fourth-order valence-corrected chi connectivity index (χ4v) is 4.70. The van der Waals surface area contributed by atoms with Crippen LogP contribution in [0.4, 0.5) is 19.1 Å². The number of aryl methyl sites for hydroxylation is 1. The first-order valence-corrected chi connectivity index (χ1v) is 12.1. The number of carboxylic acid groups (broad SMARTS) is 1. The van der Waals surface area contributed by atoms with Gasteiger partial charge in [-0.2, -0.15) is 13.2 Å². The number of anilines is 1. The number of aromatic nitrogens is 4. The van der Waals surface area contributed by atoms with Gasteiger partial charge in [0.2, 0.25) is 11.8 Å². The van der Waals surface area contributed by atoms with Gasteiger partial charge in [0.1, 0.15) is 18.2 Å². The van der Waals surface area contributed by atoms with Crippen LogP contribution in [0.2, 0.25) is 0 Å². The van der Waals surface area contributed by atoms with Crippen molar-refractivity contribution in [1.29, 1.82) is 0 Å². The monoisotopic (exact) mass is 514 g/mol. The number of aliphatic carboxylic acids is 1. The second-order valence-corrected chi connectivity index (χ2v) is 9.98. The number of sulfone groups is 1. The number of carbonyl (C=O) groups is 2. The number of carbonyl (C=O) groups excluding carboxylic acids is 2. The van der Waals surface area contributed by atoms with Gasteiger partial charge in [-0.25, -0.2) is 23.4 Å². The zero-order valence-electron chi connectivity index (χ0n) is 18.4. The lowest BCUT2D eigenvalue weighted by atomic mass is 10.3. The van der Waals surface area contributed by atoms with Crippen molar-refractivity contribution in [2.24, 2.45) is 0 Å². The highest BCUT2D eigenvalue weighted by Crippen LogP contribution is 2.14. The van der Waals surface area contributed by atoms with E-state index in [-0.39, 0.29) is 23.3 Å². The number of alkyl halides is 3. The smallest absolute Gasteiger partial charge is 0.430 e. The van der Waals surface area contributed by atoms with Crippen LogP contribution in [0.5, 0.6) is 0 Å². The first-order chi connectivity index (χ1) is 16.4. The molecule has 0 bridgehead atoms. The van der Waals surface area contributed by atoms with Crippen LogP contribution >= 0.6 is 0 Å². The maximum atomic E-state index is 12.8. The zero-order valence-corrected chi connectivity index (χ0v) is 19.2. The SMILES string of the molecule is Cc1ccnc(NC(=O)c2nc(C[NH+]3CCS(=O)(=O)CC3)c3ccccn23)n1.O=C([O-])C(F)(F)F. The molecule has 0 radical (unpaired) electrons. The second-order valence-electron chi connectivity index (χ2n) is 7.68. The number of rotatable bonds is 4. The van der Waals surface area contributed by atoms with Crippen LogP contribution in [-0.2, 0) is 21.2 Å². The summed E-state index contributed by atoms with van der Waals surface area (Å²) >= 11 is 0. The summed E-state index contributed by atoms with van der Waals surface area (Å²) in [5, 5.41) is 11.5. The van der Waals surface area contributed by atoms with Crippen LogP contribution in [0.25, 0.3) is 5.52 Å². The summed E-state index contributed by atoms with van der Waals surface area (Å²) in [5.41, 5.74) is 2.35. The van der Waals surface area contributed by atoms with Crippen molar-refractivity contribution in [3.05, 3.63) is 53.9 Å². The highest BCUT2D eigenvalue weighted by molar-refractivity contribution is 7.91. The van der Waals surface area contributed by atoms with E-state index < -0.39 is 27.9 Å². The first-order valence-electron chi connectivity index (χ1n) is 10.2. The molecule has 0 aliphatic carbocycles. The molecule has 0 spiro atoms. The standard InChI is InChI=1S/C18H20N6O3S.C2HF3O2/c1-13-5-6-19-18(20-13)22-17(25)16-21-14(15-4-2-3-7-24(15)16)12-23-8-10-28(26,27)11-9-23;3-2(4,5)1(6)7/h2-7H,8-12H2,1H3,(H,19,20,22,25);(H,6,7). The van der Waals surface area contributed by atoms with Gasteiger partial charge in [-0.15, -0.1) is 0 Å². The highest BCUT2D eigenvalue weighted by atomic mass is 32.2. The molecular formula is C20H21F3N6O5S. The van der Waals surface area contributed by atoms with E-state index >= 15 is 0 Å². The first kappa shape index (κ1) is 26.0. The molecule has 2 N–H and O–H groups in total. The van der Waals surface area contributed by atoms with E-state index in [9.17, 15) is 26.4 Å². The molecule has 35 heavy (non-hydrogen) atoms. The number of nitrogens with zero attached hydrogens (tertiary/aromatic N) is 4. The lowest BCUT2D eigenvalue weighted by Gasteiger charge is -2.22. The molecule has 1 amide bonds. The number of pyridine rings is 1. The fraction of sp³-hybridized carbons (Fsp3) is 0.350. The maximum absolute atomic E-state index is 12.8. The van der Waals surface area contributed by atoms with E-state index in [1.807, 2.05) is 25.1 Å². The molecule has 11 nitrogen and oxygen atoms in total. The zero-order chi connectivity index (χ0) is 25.8. The molecule has 4 rings (SSSR count). The van der Waals surface area contributed by atoms with Crippen molar-refractivity contribution in [2.45, 2.75) is 19.6 Å². The Bertz CT molecular complexity index is 1330. The van der Waals surface area contributed by atoms with Gasteiger partial charge in [0.05, 0.1) is 30.1 Å². The number of amides is 1. The number of quaternary nitrogens is 1. The predicted molar refractivity (Wildman–Crippen MR) is 114 cm³/mol. The molecule has 0 aromatic carbocycles. The van der Waals surface area contributed by atoms with Gasteiger partial charge in [0.15, 0.2) is 9.84 Å². The van der Waals surface area contributed by atoms with Gasteiger partial charge < -0.3 is 14.8 Å². The van der Waals surface area contributed by atoms with E-state index in [0.717, 1.165) is 21.8 Å². The van der Waals surface area contributed by atoms with E-state index in [1.54, 1.807) is 22.9 Å². The molecule has 4 heterocycles. The maximum Gasteiger partial charge on any atom is 0.430 e. The largest absolute Gasteiger partial charge is 0.542 e. The molecule has 3 aromatic rings. The predicted octanol–water partition coefficient (Wildman–Crippen LogP) is -1.20. The van der Waals surface area contributed by atoms with Crippen LogP contribution in [0.3, 0.4) is 0 Å². The number of imidazole rings is 1. The van der Waals surface area contributed by atoms with E-state index in [0.29, 0.717) is 19.6 Å². The van der Waals surface area contributed by atoms with Gasteiger partial charge in [0, 0.05) is 18.1 Å². The number of nitrogens with one attached hydrogen (secondary N) is 2. The van der Waals surface area contributed by atoms with Crippen LogP contribution in [0.1, 0.15) is 22.0 Å². The van der Waals surface area contributed by atoms with Gasteiger partial charge in [-0.1, -0.05) is 6.07 Å². The van der Waals surface area contributed by atoms with Crippen molar-refractivity contribution in [1.82, 2.24) is 19.4 Å². The van der Waals surface area contributed by atoms with Gasteiger partial charge in [-0.3, -0.25) is 14.5 Å². The number of halogens is 3. The Kier molecular flexibility index (Phi) is 7.70. The molecule has 0 saturated carbocycles. The van der Waals surface area contributed by atoms with Crippen LogP contribution in [0.15, 0.2) is 36.7 Å². The third-order valence-corrected chi connectivity index (χ3v) is 6.68.